The van der Waals surface area contributed by atoms with Crippen LogP contribution >= 0.6 is 17.0 Å². The molecule has 0 amide bonds. The molecule has 6 heteroatoms. The van der Waals surface area contributed by atoms with Gasteiger partial charge >= 0.3 is 37.9 Å². The van der Waals surface area contributed by atoms with Crippen LogP contribution in [0.15, 0.2) is 17.1 Å². The van der Waals surface area contributed by atoms with Gasteiger partial charge in [-0.2, -0.15) is 0 Å². The zero-order valence-corrected chi connectivity index (χ0v) is 17.4. The van der Waals surface area contributed by atoms with Crippen LogP contribution in [0.1, 0.15) is 43.2 Å². The predicted octanol–water partition coefficient (Wildman–Crippen LogP) is 5.77. The van der Waals surface area contributed by atoms with Crippen LogP contribution < -0.4 is 4.74 Å². The van der Waals surface area contributed by atoms with E-state index in [0.29, 0.717) is 6.04 Å². The van der Waals surface area contributed by atoms with Gasteiger partial charge in [-0.3, -0.25) is 4.99 Å². The summed E-state index contributed by atoms with van der Waals surface area (Å²) < 4.78 is 5.32. The molecule has 0 atom stereocenters. The maximum atomic E-state index is 5.32. The molecule has 0 aromatic heterocycles. The second-order valence-corrected chi connectivity index (χ2v) is 8.98. The zero-order valence-electron chi connectivity index (χ0n) is 13.4. The molecule has 0 bridgehead atoms. The van der Waals surface area contributed by atoms with Crippen molar-refractivity contribution in [2.75, 3.05) is 14.2 Å². The molecule has 0 saturated heterocycles. The van der Waals surface area contributed by atoms with Crippen molar-refractivity contribution in [2.45, 2.75) is 45.1 Å². The molecule has 1 aliphatic rings. The molecule has 0 N–H and O–H groups in total. The van der Waals surface area contributed by atoms with E-state index < -0.39 is 20.8 Å². The van der Waals surface area contributed by atoms with Crippen molar-refractivity contribution >= 4 is 28.9 Å². The Morgan fingerprint density at radius 1 is 1.27 bits per heavy atom. The van der Waals surface area contributed by atoms with Crippen molar-refractivity contribution in [1.29, 1.82) is 0 Å². The summed E-state index contributed by atoms with van der Waals surface area (Å²) in [5.74, 6) is 0.870. The first-order chi connectivity index (χ1) is 10.7. The molecule has 1 saturated carbocycles. The van der Waals surface area contributed by atoms with Crippen molar-refractivity contribution in [2.24, 2.45) is 4.99 Å². The van der Waals surface area contributed by atoms with Gasteiger partial charge in [-0.25, -0.2) is 0 Å². The van der Waals surface area contributed by atoms with E-state index in [4.69, 9.17) is 26.8 Å². The summed E-state index contributed by atoms with van der Waals surface area (Å²) in [6.07, 6.45) is 8.40. The predicted molar refractivity (Wildman–Crippen MR) is 92.8 cm³/mol. The molecule has 1 aromatic rings. The minimum atomic E-state index is -0.826. The normalized spacial score (nSPS) is 15.1. The van der Waals surface area contributed by atoms with Gasteiger partial charge in [0.15, 0.2) is 0 Å². The van der Waals surface area contributed by atoms with Crippen LogP contribution in [0, 0.1) is 6.92 Å². The first-order valence-electron chi connectivity index (χ1n) is 7.44. The van der Waals surface area contributed by atoms with Crippen molar-refractivity contribution in [3.8, 4) is 5.75 Å². The second-order valence-electron chi connectivity index (χ2n) is 5.25. The molecule has 1 fully saturated rings. The summed E-state index contributed by atoms with van der Waals surface area (Å²) in [6, 6.07) is 4.52. The first kappa shape index (κ1) is 20.0. The van der Waals surface area contributed by atoms with Gasteiger partial charge in [0.25, 0.3) is 0 Å². The zero-order chi connectivity index (χ0) is 16.4. The fourth-order valence-electron chi connectivity index (χ4n) is 2.71. The van der Waals surface area contributed by atoms with Gasteiger partial charge in [-0.1, -0.05) is 24.8 Å². The van der Waals surface area contributed by atoms with Crippen molar-refractivity contribution in [3.05, 3.63) is 28.6 Å². The topological polar surface area (TPSA) is 35.7 Å². The Morgan fingerprint density at radius 3 is 2.45 bits per heavy atom. The standard InChI is InChI=1S/C16H23N2O.2ClH.Zr/c1-12-9-15(19-3)10-13(16(12)17-2)11-18-14-7-5-4-6-8-14;;;/h9-11,14H,4-8H2,1-3H3;2*1H;/q-1;;;+2/p-2. The van der Waals surface area contributed by atoms with E-state index in [1.807, 2.05) is 25.4 Å². The number of benzene rings is 1. The Hall–Kier alpha value is -0.0469. The van der Waals surface area contributed by atoms with E-state index in [0.717, 1.165) is 22.6 Å². The van der Waals surface area contributed by atoms with Crippen LogP contribution in [0.3, 0.4) is 0 Å². The summed E-state index contributed by atoms with van der Waals surface area (Å²) in [6.45, 7) is 2.06. The van der Waals surface area contributed by atoms with Crippen LogP contribution in [0.2, 0.25) is 0 Å². The summed E-state index contributed by atoms with van der Waals surface area (Å²) in [5.41, 5.74) is 3.21. The van der Waals surface area contributed by atoms with E-state index >= 15 is 0 Å². The van der Waals surface area contributed by atoms with Gasteiger partial charge in [0.2, 0.25) is 0 Å². The Labute approximate surface area is 152 Å². The number of halogens is 2. The molecule has 1 aromatic carbocycles. The molecule has 0 aliphatic heterocycles. The van der Waals surface area contributed by atoms with Gasteiger partial charge in [0.05, 0.1) is 7.11 Å². The molecule has 2 rings (SSSR count). The number of rotatable bonds is 4. The third kappa shape index (κ3) is 6.60. The third-order valence-corrected chi connectivity index (χ3v) is 3.76. The summed E-state index contributed by atoms with van der Waals surface area (Å²) >= 11 is -0.826. The Bertz CT molecular complexity index is 477. The molecule has 3 nitrogen and oxygen atoms in total. The van der Waals surface area contributed by atoms with E-state index in [9.17, 15) is 0 Å². The summed E-state index contributed by atoms with van der Waals surface area (Å²) in [7, 11) is 13.4. The molecule has 0 heterocycles. The van der Waals surface area contributed by atoms with Gasteiger partial charge in [-0.05, 0) is 37.5 Å². The van der Waals surface area contributed by atoms with Gasteiger partial charge in [0.1, 0.15) is 5.75 Å². The molecule has 122 valence electrons. The quantitative estimate of drug-likeness (QED) is 0.569. The Morgan fingerprint density at radius 2 is 1.91 bits per heavy atom. The third-order valence-electron chi connectivity index (χ3n) is 3.76. The van der Waals surface area contributed by atoms with Crippen molar-refractivity contribution in [1.82, 2.24) is 0 Å². The molecular weight excluding hydrogens is 398 g/mol. The molecule has 0 radical (unpaired) electrons. The van der Waals surface area contributed by atoms with Crippen molar-refractivity contribution < 1.29 is 25.6 Å². The van der Waals surface area contributed by atoms with Crippen LogP contribution in [-0.2, 0) is 20.8 Å². The van der Waals surface area contributed by atoms with Crippen LogP contribution in [0.4, 0.5) is 5.69 Å². The van der Waals surface area contributed by atoms with Crippen LogP contribution in [-0.4, -0.2) is 26.4 Å². The fraction of sp³-hybridized carbons (Fsp3) is 0.562. The van der Waals surface area contributed by atoms with Gasteiger partial charge in [0, 0.05) is 12.3 Å². The Balaban J connectivity index is 0.000000745. The number of hydrogen-bond donors (Lipinski definition) is 0. The monoisotopic (exact) mass is 419 g/mol. The number of aliphatic imine (C=N–C) groups is 1. The summed E-state index contributed by atoms with van der Waals surface area (Å²) in [5, 5.41) is 4.36. The number of hydrogen-bond acceptors (Lipinski definition) is 2. The molecular formula is C16H23Cl2N2OZr-. The second kappa shape index (κ2) is 11.5. The van der Waals surface area contributed by atoms with Crippen LogP contribution in [0.25, 0.3) is 5.32 Å². The Kier molecular flexibility index (Phi) is 10.4. The molecule has 0 spiro atoms. The number of nitrogens with zero attached hydrogens (tertiary/aromatic N) is 2. The van der Waals surface area contributed by atoms with E-state index in [-0.39, 0.29) is 0 Å². The number of ether oxygens (including phenoxy) is 1. The average Bonchev–Trinajstić information content (AvgIpc) is 2.54. The van der Waals surface area contributed by atoms with E-state index in [1.54, 1.807) is 7.11 Å². The summed E-state index contributed by atoms with van der Waals surface area (Å²) in [4.78, 5) is 4.74. The SMILES string of the molecule is C[N-]c1c(C)cc(OC)cc1C=NC1CCCCC1.[Cl][Zr][Cl]. The minimum absolute atomic E-state index is 0.491. The maximum absolute atomic E-state index is 5.32. The fourth-order valence-corrected chi connectivity index (χ4v) is 2.71. The van der Waals surface area contributed by atoms with Crippen LogP contribution in [0.5, 0.6) is 5.75 Å². The number of methoxy groups -OCH3 is 1. The van der Waals surface area contributed by atoms with Gasteiger partial charge < -0.3 is 10.1 Å². The molecule has 0 unspecified atom stereocenters. The molecule has 1 aliphatic carbocycles. The first-order valence-corrected chi connectivity index (χ1v) is 13.8. The molecule has 22 heavy (non-hydrogen) atoms. The van der Waals surface area contributed by atoms with E-state index in [1.165, 1.54) is 32.1 Å². The van der Waals surface area contributed by atoms with Crippen molar-refractivity contribution in [3.63, 3.8) is 0 Å². The van der Waals surface area contributed by atoms with Gasteiger partial charge in [-0.15, -0.1) is 12.7 Å². The average molecular weight is 422 g/mol. The van der Waals surface area contributed by atoms with E-state index in [2.05, 4.69) is 12.2 Å². The number of aryl methyl sites for hydroxylation is 1.